The molecule has 1 amide bonds. The average Bonchev–Trinajstić information content (AvgIpc) is 2.51. The summed E-state index contributed by atoms with van der Waals surface area (Å²) in [6.07, 6.45) is 3.06. The highest BCUT2D eigenvalue weighted by Gasteiger charge is 2.31. The molecule has 5 heteroatoms. The fourth-order valence-corrected chi connectivity index (χ4v) is 2.68. The summed E-state index contributed by atoms with van der Waals surface area (Å²) in [6.45, 7) is 3.93. The number of aromatic nitrogens is 1. The van der Waals surface area contributed by atoms with Crippen LogP contribution in [0.25, 0.3) is 10.9 Å². The monoisotopic (exact) mass is 301 g/mol. The first-order valence-electron chi connectivity index (χ1n) is 6.99. The molecule has 0 atom stereocenters. The third kappa shape index (κ3) is 3.03. The molecule has 1 heterocycles. The summed E-state index contributed by atoms with van der Waals surface area (Å²) in [5.41, 5.74) is 6.63. The van der Waals surface area contributed by atoms with Crippen LogP contribution in [0.3, 0.4) is 0 Å². The maximum atomic E-state index is 12.5. The maximum absolute atomic E-state index is 12.5. The van der Waals surface area contributed by atoms with Gasteiger partial charge in [-0.3, -0.25) is 9.78 Å². The molecular weight excluding hydrogens is 282 g/mol. The van der Waals surface area contributed by atoms with Gasteiger partial charge in [-0.25, -0.2) is 0 Å². The molecular formula is C16H19N3OS. The Kier molecular flexibility index (Phi) is 4.53. The van der Waals surface area contributed by atoms with Crippen LogP contribution < -0.4 is 11.1 Å². The second-order valence-electron chi connectivity index (χ2n) is 5.02. The van der Waals surface area contributed by atoms with Gasteiger partial charge in [-0.1, -0.05) is 32.1 Å². The molecule has 110 valence electrons. The highest BCUT2D eigenvalue weighted by molar-refractivity contribution is 7.80. The average molecular weight is 301 g/mol. The Morgan fingerprint density at radius 1 is 1.33 bits per heavy atom. The zero-order valence-corrected chi connectivity index (χ0v) is 13.0. The van der Waals surface area contributed by atoms with Crippen molar-refractivity contribution in [1.82, 2.24) is 10.3 Å². The summed E-state index contributed by atoms with van der Waals surface area (Å²) in [5, 5.41) is 3.91. The number of benzene rings is 1. The van der Waals surface area contributed by atoms with E-state index in [2.05, 4.69) is 10.3 Å². The number of carbonyl (C=O) groups is 1. The molecule has 0 saturated carbocycles. The Morgan fingerprint density at radius 2 is 2.05 bits per heavy atom. The molecule has 0 saturated heterocycles. The van der Waals surface area contributed by atoms with Crippen molar-refractivity contribution in [2.24, 2.45) is 5.73 Å². The van der Waals surface area contributed by atoms with Gasteiger partial charge >= 0.3 is 0 Å². The van der Waals surface area contributed by atoms with Crippen LogP contribution in [0, 0.1) is 0 Å². The minimum atomic E-state index is -0.629. The Hall–Kier alpha value is -2.01. The van der Waals surface area contributed by atoms with E-state index in [4.69, 9.17) is 18.0 Å². The second-order valence-corrected chi connectivity index (χ2v) is 5.46. The van der Waals surface area contributed by atoms with Crippen LogP contribution in [0.4, 0.5) is 0 Å². The predicted octanol–water partition coefficient (Wildman–Crippen LogP) is 2.81. The molecule has 0 bridgehead atoms. The van der Waals surface area contributed by atoms with Gasteiger partial charge < -0.3 is 11.1 Å². The molecule has 3 N–H and O–H groups in total. The number of carbonyl (C=O) groups excluding carboxylic acids is 1. The lowest BCUT2D eigenvalue weighted by Crippen LogP contribution is -2.55. The summed E-state index contributed by atoms with van der Waals surface area (Å²) in [5.74, 6) is -0.169. The molecule has 0 radical (unpaired) electrons. The molecule has 0 unspecified atom stereocenters. The van der Waals surface area contributed by atoms with Gasteiger partial charge in [0.05, 0.1) is 16.0 Å². The number of fused-ring (bicyclic) bond motifs is 1. The van der Waals surface area contributed by atoms with Crippen molar-refractivity contribution >= 4 is 34.0 Å². The second kappa shape index (κ2) is 6.18. The first-order chi connectivity index (χ1) is 10.0. The Morgan fingerprint density at radius 3 is 2.67 bits per heavy atom. The summed E-state index contributed by atoms with van der Waals surface area (Å²) in [7, 11) is 0. The number of nitrogens with one attached hydrogen (secondary N) is 1. The molecule has 1 aromatic carbocycles. The van der Waals surface area contributed by atoms with E-state index < -0.39 is 5.54 Å². The zero-order valence-electron chi connectivity index (χ0n) is 12.2. The van der Waals surface area contributed by atoms with E-state index in [1.807, 2.05) is 38.1 Å². The van der Waals surface area contributed by atoms with Gasteiger partial charge in [0.1, 0.15) is 0 Å². The molecule has 0 spiro atoms. The van der Waals surface area contributed by atoms with Gasteiger partial charge in [0.25, 0.3) is 5.91 Å². The fourth-order valence-electron chi connectivity index (χ4n) is 2.34. The summed E-state index contributed by atoms with van der Waals surface area (Å²) in [6, 6.07) is 9.21. The molecule has 0 fully saturated rings. The molecule has 0 aliphatic heterocycles. The lowest BCUT2D eigenvalue weighted by molar-refractivity contribution is 0.0920. The van der Waals surface area contributed by atoms with E-state index in [1.54, 1.807) is 12.3 Å². The van der Waals surface area contributed by atoms with Gasteiger partial charge in [0.2, 0.25) is 0 Å². The van der Waals surface area contributed by atoms with Crippen molar-refractivity contribution in [2.45, 2.75) is 32.2 Å². The number of amides is 1. The lowest BCUT2D eigenvalue weighted by atomic mass is 9.92. The smallest absolute Gasteiger partial charge is 0.252 e. The third-order valence-electron chi connectivity index (χ3n) is 3.90. The predicted molar refractivity (Wildman–Crippen MR) is 89.3 cm³/mol. The minimum Gasteiger partial charge on any atom is -0.391 e. The topological polar surface area (TPSA) is 68.0 Å². The van der Waals surface area contributed by atoms with E-state index in [1.165, 1.54) is 0 Å². The van der Waals surface area contributed by atoms with Crippen molar-refractivity contribution in [3.05, 3.63) is 42.1 Å². The quantitative estimate of drug-likeness (QED) is 0.833. The summed E-state index contributed by atoms with van der Waals surface area (Å²) >= 11 is 5.13. The van der Waals surface area contributed by atoms with Crippen molar-refractivity contribution in [1.29, 1.82) is 0 Å². The van der Waals surface area contributed by atoms with Crippen molar-refractivity contribution < 1.29 is 4.79 Å². The van der Waals surface area contributed by atoms with E-state index in [9.17, 15) is 4.79 Å². The van der Waals surface area contributed by atoms with Crippen LogP contribution in [0.2, 0.25) is 0 Å². The van der Waals surface area contributed by atoms with Crippen LogP contribution in [-0.4, -0.2) is 21.4 Å². The largest absolute Gasteiger partial charge is 0.391 e. The number of rotatable bonds is 5. The van der Waals surface area contributed by atoms with Crippen LogP contribution in [0.15, 0.2) is 36.5 Å². The van der Waals surface area contributed by atoms with E-state index in [0.717, 1.165) is 10.9 Å². The van der Waals surface area contributed by atoms with Gasteiger partial charge in [-0.05, 0) is 37.1 Å². The highest BCUT2D eigenvalue weighted by atomic mass is 32.1. The zero-order chi connectivity index (χ0) is 15.5. The molecule has 2 rings (SSSR count). The maximum Gasteiger partial charge on any atom is 0.252 e. The molecule has 0 aliphatic carbocycles. The third-order valence-corrected chi connectivity index (χ3v) is 4.29. The fraction of sp³-hybridized carbons (Fsp3) is 0.312. The van der Waals surface area contributed by atoms with Gasteiger partial charge in [-0.15, -0.1) is 0 Å². The van der Waals surface area contributed by atoms with Crippen LogP contribution >= 0.6 is 12.2 Å². The van der Waals surface area contributed by atoms with Crippen LogP contribution in [0.5, 0.6) is 0 Å². The standard InChI is InChI=1S/C16H19N3OS/c1-3-16(4-2,15(17)21)19-14(20)12-7-8-13-11(10-12)6-5-9-18-13/h5-10H,3-4H2,1-2H3,(H2,17,21)(H,19,20). The number of nitrogens with zero attached hydrogens (tertiary/aromatic N) is 1. The Labute approximate surface area is 129 Å². The Balaban J connectivity index is 2.31. The van der Waals surface area contributed by atoms with Gasteiger partial charge in [0, 0.05) is 17.1 Å². The summed E-state index contributed by atoms with van der Waals surface area (Å²) < 4.78 is 0. The number of hydrogen-bond acceptors (Lipinski definition) is 3. The normalized spacial score (nSPS) is 11.3. The Bertz CT molecular complexity index is 680. The number of pyridine rings is 1. The van der Waals surface area contributed by atoms with Crippen molar-refractivity contribution in [3.8, 4) is 0 Å². The van der Waals surface area contributed by atoms with E-state index in [0.29, 0.717) is 23.4 Å². The molecule has 4 nitrogen and oxygen atoms in total. The SMILES string of the molecule is CCC(CC)(NC(=O)c1ccc2ncccc2c1)C(N)=S. The number of hydrogen-bond donors (Lipinski definition) is 2. The highest BCUT2D eigenvalue weighted by Crippen LogP contribution is 2.18. The van der Waals surface area contributed by atoms with E-state index in [-0.39, 0.29) is 5.91 Å². The number of nitrogens with two attached hydrogens (primary N) is 1. The van der Waals surface area contributed by atoms with Gasteiger partial charge in [0.15, 0.2) is 0 Å². The first kappa shape index (κ1) is 15.4. The minimum absolute atomic E-state index is 0.169. The van der Waals surface area contributed by atoms with Crippen molar-refractivity contribution in [3.63, 3.8) is 0 Å². The molecule has 2 aromatic rings. The lowest BCUT2D eigenvalue weighted by Gasteiger charge is -2.31. The molecule has 1 aromatic heterocycles. The molecule has 0 aliphatic rings. The first-order valence-corrected chi connectivity index (χ1v) is 7.40. The van der Waals surface area contributed by atoms with Gasteiger partial charge in [-0.2, -0.15) is 0 Å². The van der Waals surface area contributed by atoms with Crippen LogP contribution in [0.1, 0.15) is 37.0 Å². The number of thiocarbonyl (C=S) groups is 1. The molecule has 21 heavy (non-hydrogen) atoms. The van der Waals surface area contributed by atoms with Crippen LogP contribution in [-0.2, 0) is 0 Å². The summed E-state index contributed by atoms with van der Waals surface area (Å²) in [4.78, 5) is 17.0. The van der Waals surface area contributed by atoms with Crippen molar-refractivity contribution in [2.75, 3.05) is 0 Å². The van der Waals surface area contributed by atoms with E-state index >= 15 is 0 Å².